The SMILES string of the molecule is Nc1ncc(-c2ccc(N3CCCC3)cc2)c(-c2ccccc2O)n1. The number of anilines is 2. The number of hydrogen-bond acceptors (Lipinski definition) is 5. The molecule has 0 saturated carbocycles. The van der Waals surface area contributed by atoms with Crippen LogP contribution >= 0.6 is 0 Å². The van der Waals surface area contributed by atoms with E-state index in [1.54, 1.807) is 18.3 Å². The number of aromatic nitrogens is 2. The third-order valence-electron chi connectivity index (χ3n) is 4.62. The van der Waals surface area contributed by atoms with Crippen molar-refractivity contribution in [3.8, 4) is 28.1 Å². The molecule has 5 heteroatoms. The van der Waals surface area contributed by atoms with E-state index in [1.807, 2.05) is 12.1 Å². The molecule has 2 heterocycles. The fourth-order valence-electron chi connectivity index (χ4n) is 3.31. The Morgan fingerprint density at radius 2 is 1.64 bits per heavy atom. The highest BCUT2D eigenvalue weighted by molar-refractivity contribution is 5.83. The number of hydrogen-bond donors (Lipinski definition) is 2. The molecule has 2 aromatic carbocycles. The minimum atomic E-state index is 0.176. The number of nitrogen functional groups attached to an aromatic ring is 1. The van der Waals surface area contributed by atoms with Crippen LogP contribution in [0.25, 0.3) is 22.4 Å². The van der Waals surface area contributed by atoms with Crippen molar-refractivity contribution < 1.29 is 5.11 Å². The van der Waals surface area contributed by atoms with Gasteiger partial charge in [-0.25, -0.2) is 9.97 Å². The van der Waals surface area contributed by atoms with E-state index in [9.17, 15) is 5.11 Å². The molecule has 0 spiro atoms. The first-order chi connectivity index (χ1) is 12.2. The van der Waals surface area contributed by atoms with Gasteiger partial charge in [-0.3, -0.25) is 0 Å². The van der Waals surface area contributed by atoms with Gasteiger partial charge >= 0.3 is 0 Å². The molecule has 0 bridgehead atoms. The van der Waals surface area contributed by atoms with E-state index >= 15 is 0 Å². The summed E-state index contributed by atoms with van der Waals surface area (Å²) in [6, 6.07) is 15.5. The second kappa shape index (κ2) is 6.43. The van der Waals surface area contributed by atoms with Crippen LogP contribution in [0.3, 0.4) is 0 Å². The number of benzene rings is 2. The Labute approximate surface area is 146 Å². The van der Waals surface area contributed by atoms with Crippen LogP contribution in [0.2, 0.25) is 0 Å². The van der Waals surface area contributed by atoms with Crippen LogP contribution in [0.1, 0.15) is 12.8 Å². The molecule has 0 amide bonds. The molecule has 5 nitrogen and oxygen atoms in total. The Bertz CT molecular complexity index is 886. The summed E-state index contributed by atoms with van der Waals surface area (Å²) in [5, 5.41) is 10.2. The van der Waals surface area contributed by atoms with Gasteiger partial charge < -0.3 is 15.7 Å². The zero-order valence-electron chi connectivity index (χ0n) is 13.9. The molecule has 126 valence electrons. The van der Waals surface area contributed by atoms with Gasteiger partial charge in [0.25, 0.3) is 0 Å². The van der Waals surface area contributed by atoms with Crippen LogP contribution in [0.5, 0.6) is 5.75 Å². The molecule has 1 aliphatic heterocycles. The summed E-state index contributed by atoms with van der Waals surface area (Å²) in [5.74, 6) is 0.367. The summed E-state index contributed by atoms with van der Waals surface area (Å²) in [4.78, 5) is 10.9. The minimum Gasteiger partial charge on any atom is -0.507 e. The summed E-state index contributed by atoms with van der Waals surface area (Å²) < 4.78 is 0. The Morgan fingerprint density at radius 3 is 2.36 bits per heavy atom. The van der Waals surface area contributed by atoms with Crippen molar-refractivity contribution >= 4 is 11.6 Å². The van der Waals surface area contributed by atoms with Crippen LogP contribution in [0.15, 0.2) is 54.7 Å². The van der Waals surface area contributed by atoms with Crippen LogP contribution in [0, 0.1) is 0 Å². The van der Waals surface area contributed by atoms with E-state index in [4.69, 9.17) is 5.73 Å². The monoisotopic (exact) mass is 332 g/mol. The second-order valence-electron chi connectivity index (χ2n) is 6.25. The van der Waals surface area contributed by atoms with Crippen molar-refractivity contribution in [2.75, 3.05) is 23.7 Å². The predicted molar refractivity (Wildman–Crippen MR) is 100 cm³/mol. The number of rotatable bonds is 3. The van der Waals surface area contributed by atoms with E-state index in [-0.39, 0.29) is 11.7 Å². The molecular weight excluding hydrogens is 312 g/mol. The smallest absolute Gasteiger partial charge is 0.220 e. The maximum atomic E-state index is 10.2. The molecule has 3 N–H and O–H groups in total. The number of phenolic OH excluding ortho intramolecular Hbond substituents is 1. The molecule has 25 heavy (non-hydrogen) atoms. The first-order valence-corrected chi connectivity index (χ1v) is 8.48. The van der Waals surface area contributed by atoms with Gasteiger partial charge in [-0.15, -0.1) is 0 Å². The Morgan fingerprint density at radius 1 is 0.920 bits per heavy atom. The fraction of sp³-hybridized carbons (Fsp3) is 0.200. The minimum absolute atomic E-state index is 0.176. The first kappa shape index (κ1) is 15.4. The maximum Gasteiger partial charge on any atom is 0.220 e. The van der Waals surface area contributed by atoms with Crippen molar-refractivity contribution in [1.29, 1.82) is 0 Å². The van der Waals surface area contributed by atoms with Crippen molar-refractivity contribution in [2.24, 2.45) is 0 Å². The van der Waals surface area contributed by atoms with E-state index < -0.39 is 0 Å². The Kier molecular flexibility index (Phi) is 3.98. The second-order valence-corrected chi connectivity index (χ2v) is 6.25. The summed E-state index contributed by atoms with van der Waals surface area (Å²) in [5.41, 5.74) is 10.2. The van der Waals surface area contributed by atoms with Gasteiger partial charge in [0.05, 0.1) is 5.69 Å². The van der Waals surface area contributed by atoms with E-state index in [0.29, 0.717) is 11.3 Å². The molecule has 0 atom stereocenters. The lowest BCUT2D eigenvalue weighted by Gasteiger charge is -2.18. The number of nitrogens with zero attached hydrogens (tertiary/aromatic N) is 3. The fourth-order valence-corrected chi connectivity index (χ4v) is 3.31. The van der Waals surface area contributed by atoms with Crippen molar-refractivity contribution in [2.45, 2.75) is 12.8 Å². The molecule has 0 aliphatic carbocycles. The molecule has 4 rings (SSSR count). The molecular formula is C20H20N4O. The highest BCUT2D eigenvalue weighted by atomic mass is 16.3. The molecule has 0 radical (unpaired) electrons. The average Bonchev–Trinajstić information content (AvgIpc) is 3.17. The third kappa shape index (κ3) is 3.01. The van der Waals surface area contributed by atoms with Crippen LogP contribution in [-0.4, -0.2) is 28.2 Å². The van der Waals surface area contributed by atoms with Gasteiger partial charge in [-0.1, -0.05) is 24.3 Å². The topological polar surface area (TPSA) is 75.3 Å². The molecule has 1 saturated heterocycles. The third-order valence-corrected chi connectivity index (χ3v) is 4.62. The summed E-state index contributed by atoms with van der Waals surface area (Å²) in [7, 11) is 0. The van der Waals surface area contributed by atoms with Gasteiger partial charge in [0.1, 0.15) is 5.75 Å². The Balaban J connectivity index is 1.76. The molecule has 1 aliphatic rings. The quantitative estimate of drug-likeness (QED) is 0.765. The number of nitrogens with two attached hydrogens (primary N) is 1. The maximum absolute atomic E-state index is 10.2. The van der Waals surface area contributed by atoms with Gasteiger partial charge in [0.15, 0.2) is 0 Å². The standard InChI is InChI=1S/C20H20N4O/c21-20-22-13-17(19(23-20)16-5-1-2-6-18(16)25)14-7-9-15(10-8-14)24-11-3-4-12-24/h1-2,5-10,13,25H,3-4,11-12H2,(H2,21,22,23). The molecule has 1 fully saturated rings. The summed E-state index contributed by atoms with van der Waals surface area (Å²) in [6.45, 7) is 2.24. The lowest BCUT2D eigenvalue weighted by molar-refractivity contribution is 0.477. The van der Waals surface area contributed by atoms with Crippen LogP contribution < -0.4 is 10.6 Å². The zero-order valence-corrected chi connectivity index (χ0v) is 13.9. The van der Waals surface area contributed by atoms with Crippen molar-refractivity contribution in [3.05, 3.63) is 54.7 Å². The number of para-hydroxylation sites is 1. The lowest BCUT2D eigenvalue weighted by Crippen LogP contribution is -2.17. The van der Waals surface area contributed by atoms with Crippen molar-refractivity contribution in [3.63, 3.8) is 0 Å². The van der Waals surface area contributed by atoms with Crippen LogP contribution in [0.4, 0.5) is 11.6 Å². The number of phenols is 1. The van der Waals surface area contributed by atoms with Gasteiger partial charge in [-0.2, -0.15) is 0 Å². The normalized spacial score (nSPS) is 14.0. The highest BCUT2D eigenvalue weighted by Gasteiger charge is 2.15. The molecule has 3 aromatic rings. The largest absolute Gasteiger partial charge is 0.507 e. The predicted octanol–water partition coefficient (Wildman–Crippen LogP) is 3.70. The van der Waals surface area contributed by atoms with Gasteiger partial charge in [0.2, 0.25) is 5.95 Å². The van der Waals surface area contributed by atoms with E-state index in [1.165, 1.54) is 18.5 Å². The molecule has 1 aromatic heterocycles. The Hall–Kier alpha value is -3.08. The van der Waals surface area contributed by atoms with E-state index in [2.05, 4.69) is 39.1 Å². The average molecular weight is 332 g/mol. The molecule has 0 unspecified atom stereocenters. The van der Waals surface area contributed by atoms with E-state index in [0.717, 1.165) is 24.2 Å². The summed E-state index contributed by atoms with van der Waals surface area (Å²) >= 11 is 0. The highest BCUT2D eigenvalue weighted by Crippen LogP contribution is 2.36. The zero-order chi connectivity index (χ0) is 17.2. The summed E-state index contributed by atoms with van der Waals surface area (Å²) in [6.07, 6.45) is 4.23. The van der Waals surface area contributed by atoms with Gasteiger partial charge in [-0.05, 0) is 42.7 Å². The van der Waals surface area contributed by atoms with Crippen molar-refractivity contribution in [1.82, 2.24) is 9.97 Å². The lowest BCUT2D eigenvalue weighted by atomic mass is 10.00. The number of aromatic hydroxyl groups is 1. The van der Waals surface area contributed by atoms with Crippen LogP contribution in [-0.2, 0) is 0 Å². The first-order valence-electron chi connectivity index (χ1n) is 8.48. The van der Waals surface area contributed by atoms with Gasteiger partial charge in [0, 0.05) is 36.1 Å².